The highest BCUT2D eigenvalue weighted by Gasteiger charge is 2.07. The second kappa shape index (κ2) is 3.48. The zero-order valence-corrected chi connectivity index (χ0v) is 7.13. The molecule has 0 radical (unpaired) electrons. The molecule has 0 unspecified atom stereocenters. The van der Waals surface area contributed by atoms with Crippen molar-refractivity contribution in [3.63, 3.8) is 0 Å². The van der Waals surface area contributed by atoms with Crippen LogP contribution >= 0.6 is 15.9 Å². The van der Waals surface area contributed by atoms with Crippen molar-refractivity contribution in [2.24, 2.45) is 0 Å². The Hall–Kier alpha value is -0.900. The monoisotopic (exact) mass is 216 g/mol. The highest BCUT2D eigenvalue weighted by atomic mass is 79.9. The summed E-state index contributed by atoms with van der Waals surface area (Å²) < 4.78 is 4.48. The molecule has 0 N–H and O–H groups in total. The van der Waals surface area contributed by atoms with Gasteiger partial charge >= 0.3 is 5.63 Å². The number of Topliss-reactive ketones (excluding diaryl/α,β-unsaturated/α-hetero) is 1. The van der Waals surface area contributed by atoms with Crippen LogP contribution in [0.15, 0.2) is 27.6 Å². The molecular formula is C7H5BrO3. The molecular weight excluding hydrogens is 212 g/mol. The number of carbonyl (C=O) groups is 1. The zero-order valence-electron chi connectivity index (χ0n) is 5.54. The summed E-state index contributed by atoms with van der Waals surface area (Å²) in [5.74, 6) is -0.264. The van der Waals surface area contributed by atoms with Crippen molar-refractivity contribution in [1.82, 2.24) is 0 Å². The van der Waals surface area contributed by atoms with Crippen LogP contribution in [-0.2, 0) is 0 Å². The molecule has 3 nitrogen and oxygen atoms in total. The van der Waals surface area contributed by atoms with Crippen LogP contribution in [-0.4, -0.2) is 11.1 Å². The summed E-state index contributed by atoms with van der Waals surface area (Å²) in [6, 6.07) is 2.95. The maximum atomic E-state index is 10.9. The normalized spacial score (nSPS) is 9.55. The van der Waals surface area contributed by atoms with E-state index < -0.39 is 5.63 Å². The summed E-state index contributed by atoms with van der Waals surface area (Å²) >= 11 is 2.96. The van der Waals surface area contributed by atoms with Gasteiger partial charge in [-0.3, -0.25) is 4.79 Å². The van der Waals surface area contributed by atoms with Crippen molar-refractivity contribution in [3.05, 3.63) is 34.4 Å². The van der Waals surface area contributed by atoms with Crippen LogP contribution in [0.2, 0.25) is 0 Å². The van der Waals surface area contributed by atoms with E-state index in [-0.39, 0.29) is 16.7 Å². The van der Waals surface area contributed by atoms with Crippen molar-refractivity contribution in [3.8, 4) is 0 Å². The van der Waals surface area contributed by atoms with Crippen molar-refractivity contribution in [2.45, 2.75) is 0 Å². The van der Waals surface area contributed by atoms with E-state index in [1.807, 2.05) is 0 Å². The van der Waals surface area contributed by atoms with Gasteiger partial charge in [0.1, 0.15) is 5.56 Å². The molecule has 1 aromatic rings. The van der Waals surface area contributed by atoms with E-state index in [0.29, 0.717) is 0 Å². The summed E-state index contributed by atoms with van der Waals surface area (Å²) in [5, 5.41) is 0.141. The molecule has 0 aliphatic rings. The Labute approximate surface area is 71.2 Å². The Balaban J connectivity index is 3.14. The molecule has 0 amide bonds. The van der Waals surface area contributed by atoms with Gasteiger partial charge in [0.05, 0.1) is 11.6 Å². The van der Waals surface area contributed by atoms with Gasteiger partial charge < -0.3 is 4.42 Å². The summed E-state index contributed by atoms with van der Waals surface area (Å²) in [4.78, 5) is 21.7. The zero-order chi connectivity index (χ0) is 8.27. The molecule has 0 fully saturated rings. The standard InChI is InChI=1S/C7H5BrO3/c8-4-6(9)5-2-1-3-11-7(5)10/h1-3H,4H2. The van der Waals surface area contributed by atoms with Gasteiger partial charge in [-0.1, -0.05) is 15.9 Å². The molecule has 0 aliphatic carbocycles. The summed E-state index contributed by atoms with van der Waals surface area (Å²) in [5.41, 5.74) is -0.499. The summed E-state index contributed by atoms with van der Waals surface area (Å²) in [7, 11) is 0. The van der Waals surface area contributed by atoms with E-state index in [1.54, 1.807) is 0 Å². The number of rotatable bonds is 2. The lowest BCUT2D eigenvalue weighted by molar-refractivity contribution is 0.102. The average Bonchev–Trinajstić information content (AvgIpc) is 2.04. The molecule has 0 spiro atoms. The largest absolute Gasteiger partial charge is 0.431 e. The molecule has 1 rings (SSSR count). The van der Waals surface area contributed by atoms with Gasteiger partial charge in [-0.25, -0.2) is 4.79 Å². The molecule has 0 saturated carbocycles. The maximum absolute atomic E-state index is 10.9. The van der Waals surface area contributed by atoms with E-state index >= 15 is 0 Å². The number of ketones is 1. The topological polar surface area (TPSA) is 47.3 Å². The van der Waals surface area contributed by atoms with Gasteiger partial charge in [0, 0.05) is 0 Å². The van der Waals surface area contributed by atoms with E-state index in [4.69, 9.17) is 0 Å². The van der Waals surface area contributed by atoms with Gasteiger partial charge in [0.15, 0.2) is 5.78 Å². The second-order valence-corrected chi connectivity index (χ2v) is 2.43. The maximum Gasteiger partial charge on any atom is 0.346 e. The van der Waals surface area contributed by atoms with Gasteiger partial charge in [-0.15, -0.1) is 0 Å². The predicted octanol–water partition coefficient (Wildman–Crippen LogP) is 1.22. The molecule has 0 atom stereocenters. The van der Waals surface area contributed by atoms with Crippen molar-refractivity contribution in [2.75, 3.05) is 5.33 Å². The quantitative estimate of drug-likeness (QED) is 0.552. The van der Waals surface area contributed by atoms with Gasteiger partial charge in [-0.05, 0) is 12.1 Å². The van der Waals surface area contributed by atoms with Gasteiger partial charge in [-0.2, -0.15) is 0 Å². The van der Waals surface area contributed by atoms with Crippen LogP contribution < -0.4 is 5.63 Å². The van der Waals surface area contributed by atoms with Gasteiger partial charge in [0.2, 0.25) is 0 Å². The van der Waals surface area contributed by atoms with Crippen LogP contribution in [0.25, 0.3) is 0 Å². The molecule has 0 aromatic carbocycles. The van der Waals surface area contributed by atoms with Crippen LogP contribution in [0.1, 0.15) is 10.4 Å². The summed E-state index contributed by atoms with van der Waals surface area (Å²) in [6.07, 6.45) is 1.24. The third kappa shape index (κ3) is 1.77. The third-order valence-corrected chi connectivity index (χ3v) is 1.67. The lowest BCUT2D eigenvalue weighted by Gasteiger charge is -1.91. The average molecular weight is 217 g/mol. The number of hydrogen-bond donors (Lipinski definition) is 0. The molecule has 58 valence electrons. The Morgan fingerprint density at radius 2 is 2.36 bits per heavy atom. The lowest BCUT2D eigenvalue weighted by atomic mass is 10.2. The minimum Gasteiger partial charge on any atom is -0.431 e. The highest BCUT2D eigenvalue weighted by molar-refractivity contribution is 9.09. The van der Waals surface area contributed by atoms with Crippen molar-refractivity contribution in [1.29, 1.82) is 0 Å². The first-order chi connectivity index (χ1) is 5.25. The van der Waals surface area contributed by atoms with E-state index in [1.165, 1.54) is 18.4 Å². The van der Waals surface area contributed by atoms with Crippen LogP contribution in [0.5, 0.6) is 0 Å². The fourth-order valence-electron chi connectivity index (χ4n) is 0.647. The minimum atomic E-state index is -0.586. The molecule has 0 saturated heterocycles. The molecule has 0 bridgehead atoms. The van der Waals surface area contributed by atoms with E-state index in [0.717, 1.165) is 0 Å². The number of carbonyl (C=O) groups excluding carboxylic acids is 1. The minimum absolute atomic E-state index is 0.0874. The first-order valence-corrected chi connectivity index (χ1v) is 4.05. The Morgan fingerprint density at radius 3 is 2.91 bits per heavy atom. The molecule has 11 heavy (non-hydrogen) atoms. The SMILES string of the molecule is O=C(CBr)c1cccoc1=O. The molecule has 1 heterocycles. The number of halogens is 1. The fourth-order valence-corrected chi connectivity index (χ4v) is 0.949. The predicted molar refractivity (Wildman–Crippen MR) is 43.1 cm³/mol. The van der Waals surface area contributed by atoms with Crippen molar-refractivity contribution >= 4 is 21.7 Å². The Morgan fingerprint density at radius 1 is 1.64 bits per heavy atom. The fraction of sp³-hybridized carbons (Fsp3) is 0.143. The van der Waals surface area contributed by atoms with Crippen molar-refractivity contribution < 1.29 is 9.21 Å². The first kappa shape index (κ1) is 8.20. The first-order valence-electron chi connectivity index (χ1n) is 2.92. The molecule has 4 heteroatoms. The number of hydrogen-bond acceptors (Lipinski definition) is 3. The Kier molecular flexibility index (Phi) is 2.59. The highest BCUT2D eigenvalue weighted by Crippen LogP contribution is 1.95. The van der Waals surface area contributed by atoms with Gasteiger partial charge in [0.25, 0.3) is 0 Å². The number of alkyl halides is 1. The third-order valence-electron chi connectivity index (χ3n) is 1.16. The van der Waals surface area contributed by atoms with E-state index in [9.17, 15) is 9.59 Å². The van der Waals surface area contributed by atoms with Crippen LogP contribution in [0.3, 0.4) is 0 Å². The van der Waals surface area contributed by atoms with E-state index in [2.05, 4.69) is 20.3 Å². The lowest BCUT2D eigenvalue weighted by Crippen LogP contribution is -2.13. The Bertz CT molecular complexity index is 315. The molecule has 0 aliphatic heterocycles. The molecule has 1 aromatic heterocycles. The van der Waals surface area contributed by atoms with Crippen LogP contribution in [0, 0.1) is 0 Å². The summed E-state index contributed by atoms with van der Waals surface area (Å²) in [6.45, 7) is 0. The smallest absolute Gasteiger partial charge is 0.346 e. The van der Waals surface area contributed by atoms with Crippen LogP contribution in [0.4, 0.5) is 0 Å². The second-order valence-electron chi connectivity index (χ2n) is 1.87.